The first kappa shape index (κ1) is 19.3. The van der Waals surface area contributed by atoms with E-state index in [1.54, 1.807) is 31.4 Å². The fourth-order valence-corrected chi connectivity index (χ4v) is 2.43. The van der Waals surface area contributed by atoms with Gasteiger partial charge in [-0.05, 0) is 37.6 Å². The molecule has 0 saturated carbocycles. The van der Waals surface area contributed by atoms with Gasteiger partial charge in [0, 0.05) is 18.7 Å². The standard InChI is InChI=1S/C16H23N3O3.ClH/c1-22-13-6-4-5-12(11-13)15(20)18-9-10-19-16(21)14-7-2-3-8-17-14;/h4-6,11,14,17H,2-3,7-10H2,1H3,(H,18,20)(H,19,21);1H. The molecule has 7 heteroatoms. The van der Waals surface area contributed by atoms with Crippen LogP contribution in [-0.4, -0.2) is 44.6 Å². The largest absolute Gasteiger partial charge is 0.497 e. The van der Waals surface area contributed by atoms with Crippen LogP contribution in [0, 0.1) is 0 Å². The molecule has 1 aliphatic rings. The predicted octanol–water partition coefficient (Wildman–Crippen LogP) is 1.11. The fourth-order valence-electron chi connectivity index (χ4n) is 2.43. The second-order valence-electron chi connectivity index (χ2n) is 5.28. The number of benzene rings is 1. The first-order valence-corrected chi connectivity index (χ1v) is 7.64. The third kappa shape index (κ3) is 6.08. The minimum atomic E-state index is -0.177. The van der Waals surface area contributed by atoms with E-state index in [2.05, 4.69) is 16.0 Å². The minimum absolute atomic E-state index is 0. The van der Waals surface area contributed by atoms with Crippen LogP contribution in [0.1, 0.15) is 29.6 Å². The van der Waals surface area contributed by atoms with E-state index in [1.165, 1.54) is 0 Å². The highest BCUT2D eigenvalue weighted by Crippen LogP contribution is 2.12. The number of hydrogen-bond acceptors (Lipinski definition) is 4. The summed E-state index contributed by atoms with van der Waals surface area (Å²) in [5.41, 5.74) is 0.541. The number of carbonyl (C=O) groups excluding carboxylic acids is 2. The summed E-state index contributed by atoms with van der Waals surface area (Å²) in [4.78, 5) is 23.9. The average molecular weight is 342 g/mol. The molecule has 0 spiro atoms. The molecule has 1 aromatic rings. The summed E-state index contributed by atoms with van der Waals surface area (Å²) in [6.07, 6.45) is 3.08. The summed E-state index contributed by atoms with van der Waals surface area (Å²) in [7, 11) is 1.56. The zero-order valence-electron chi connectivity index (χ0n) is 13.3. The Hall–Kier alpha value is -1.79. The first-order chi connectivity index (χ1) is 10.7. The van der Waals surface area contributed by atoms with E-state index in [1.807, 2.05) is 0 Å². The van der Waals surface area contributed by atoms with Crippen molar-refractivity contribution in [2.24, 2.45) is 0 Å². The molecule has 6 nitrogen and oxygen atoms in total. The Morgan fingerprint density at radius 3 is 2.74 bits per heavy atom. The zero-order valence-corrected chi connectivity index (χ0v) is 14.1. The zero-order chi connectivity index (χ0) is 15.8. The van der Waals surface area contributed by atoms with Gasteiger partial charge < -0.3 is 20.7 Å². The first-order valence-electron chi connectivity index (χ1n) is 7.64. The lowest BCUT2D eigenvalue weighted by atomic mass is 10.0. The number of halogens is 1. The summed E-state index contributed by atoms with van der Waals surface area (Å²) in [5, 5.41) is 8.81. The minimum Gasteiger partial charge on any atom is -0.497 e. The lowest BCUT2D eigenvalue weighted by molar-refractivity contribution is -0.123. The molecule has 1 heterocycles. The van der Waals surface area contributed by atoms with Gasteiger partial charge in [0.15, 0.2) is 0 Å². The molecular formula is C16H24ClN3O3. The van der Waals surface area contributed by atoms with E-state index >= 15 is 0 Å². The van der Waals surface area contributed by atoms with Gasteiger partial charge in [-0.15, -0.1) is 12.4 Å². The number of ether oxygens (including phenoxy) is 1. The number of carbonyl (C=O) groups is 2. The van der Waals surface area contributed by atoms with Crippen molar-refractivity contribution in [3.8, 4) is 5.75 Å². The van der Waals surface area contributed by atoms with E-state index in [9.17, 15) is 9.59 Å². The van der Waals surface area contributed by atoms with Crippen molar-refractivity contribution in [1.82, 2.24) is 16.0 Å². The highest BCUT2D eigenvalue weighted by molar-refractivity contribution is 5.94. The van der Waals surface area contributed by atoms with Gasteiger partial charge in [-0.3, -0.25) is 9.59 Å². The Balaban J connectivity index is 0.00000264. The van der Waals surface area contributed by atoms with Gasteiger partial charge in [-0.2, -0.15) is 0 Å². The van der Waals surface area contributed by atoms with Gasteiger partial charge in [0.1, 0.15) is 5.75 Å². The molecule has 1 fully saturated rings. The van der Waals surface area contributed by atoms with E-state index < -0.39 is 0 Å². The normalized spacial score (nSPS) is 16.8. The summed E-state index contributed by atoms with van der Waals surface area (Å²) < 4.78 is 5.09. The van der Waals surface area contributed by atoms with Gasteiger partial charge in [0.2, 0.25) is 5.91 Å². The van der Waals surface area contributed by atoms with Crippen LogP contribution < -0.4 is 20.7 Å². The number of rotatable bonds is 6. The predicted molar refractivity (Wildman–Crippen MR) is 91.2 cm³/mol. The lowest BCUT2D eigenvalue weighted by Crippen LogP contribution is -2.48. The van der Waals surface area contributed by atoms with Crippen LogP contribution in [0.25, 0.3) is 0 Å². The third-order valence-corrected chi connectivity index (χ3v) is 3.67. The van der Waals surface area contributed by atoms with Crippen molar-refractivity contribution >= 4 is 24.2 Å². The van der Waals surface area contributed by atoms with Crippen molar-refractivity contribution < 1.29 is 14.3 Å². The second kappa shape index (κ2) is 10.1. The van der Waals surface area contributed by atoms with Gasteiger partial charge in [-0.25, -0.2) is 0 Å². The number of hydrogen-bond donors (Lipinski definition) is 3. The number of amides is 2. The van der Waals surface area contributed by atoms with Crippen molar-refractivity contribution in [2.75, 3.05) is 26.7 Å². The maximum absolute atomic E-state index is 12.0. The number of methoxy groups -OCH3 is 1. The molecule has 1 unspecified atom stereocenters. The molecule has 1 atom stereocenters. The molecular weight excluding hydrogens is 318 g/mol. The number of piperidine rings is 1. The molecule has 2 rings (SSSR count). The summed E-state index contributed by atoms with van der Waals surface area (Å²) in [6, 6.07) is 6.86. The Morgan fingerprint density at radius 1 is 1.26 bits per heavy atom. The smallest absolute Gasteiger partial charge is 0.251 e. The van der Waals surface area contributed by atoms with Crippen molar-refractivity contribution in [2.45, 2.75) is 25.3 Å². The maximum atomic E-state index is 12.0. The molecule has 2 amide bonds. The Labute approximate surface area is 142 Å². The van der Waals surface area contributed by atoms with Crippen LogP contribution in [-0.2, 0) is 4.79 Å². The second-order valence-corrected chi connectivity index (χ2v) is 5.28. The molecule has 1 aliphatic heterocycles. The van der Waals surface area contributed by atoms with E-state index in [0.717, 1.165) is 25.8 Å². The number of nitrogens with one attached hydrogen (secondary N) is 3. The van der Waals surface area contributed by atoms with Crippen LogP contribution >= 0.6 is 12.4 Å². The molecule has 0 radical (unpaired) electrons. The van der Waals surface area contributed by atoms with Crippen LogP contribution in [0.2, 0.25) is 0 Å². The Morgan fingerprint density at radius 2 is 2.04 bits per heavy atom. The molecule has 0 bridgehead atoms. The van der Waals surface area contributed by atoms with Gasteiger partial charge in [0.05, 0.1) is 13.2 Å². The molecule has 1 aromatic carbocycles. The monoisotopic (exact) mass is 341 g/mol. The van der Waals surface area contributed by atoms with Crippen LogP contribution in [0.4, 0.5) is 0 Å². The summed E-state index contributed by atoms with van der Waals surface area (Å²) in [6.45, 7) is 1.71. The molecule has 23 heavy (non-hydrogen) atoms. The highest BCUT2D eigenvalue weighted by atomic mass is 35.5. The van der Waals surface area contributed by atoms with Crippen molar-refractivity contribution in [1.29, 1.82) is 0 Å². The van der Waals surface area contributed by atoms with E-state index in [4.69, 9.17) is 4.74 Å². The van der Waals surface area contributed by atoms with Crippen LogP contribution in [0.3, 0.4) is 0 Å². The average Bonchev–Trinajstić information content (AvgIpc) is 2.59. The molecule has 0 aliphatic carbocycles. The van der Waals surface area contributed by atoms with E-state index in [-0.39, 0.29) is 30.3 Å². The van der Waals surface area contributed by atoms with Gasteiger partial charge in [0.25, 0.3) is 5.91 Å². The quantitative estimate of drug-likeness (QED) is 0.677. The van der Waals surface area contributed by atoms with Gasteiger partial charge in [-0.1, -0.05) is 12.5 Å². The SMILES string of the molecule is COc1cccc(C(=O)NCCNC(=O)C2CCCCN2)c1.Cl. The maximum Gasteiger partial charge on any atom is 0.251 e. The topological polar surface area (TPSA) is 79.5 Å². The van der Waals surface area contributed by atoms with Crippen LogP contribution in [0.15, 0.2) is 24.3 Å². The lowest BCUT2D eigenvalue weighted by Gasteiger charge is -2.22. The molecule has 3 N–H and O–H groups in total. The van der Waals surface area contributed by atoms with Crippen molar-refractivity contribution in [3.05, 3.63) is 29.8 Å². The molecule has 0 aromatic heterocycles. The summed E-state index contributed by atoms with van der Waals surface area (Å²) in [5.74, 6) is 0.476. The Bertz CT molecular complexity index is 519. The molecule has 128 valence electrons. The van der Waals surface area contributed by atoms with Crippen LogP contribution in [0.5, 0.6) is 5.75 Å². The highest BCUT2D eigenvalue weighted by Gasteiger charge is 2.19. The van der Waals surface area contributed by atoms with Gasteiger partial charge >= 0.3 is 0 Å². The Kier molecular flexibility index (Phi) is 8.43. The third-order valence-electron chi connectivity index (χ3n) is 3.67. The summed E-state index contributed by atoms with van der Waals surface area (Å²) >= 11 is 0. The molecule has 1 saturated heterocycles. The van der Waals surface area contributed by atoms with Crippen molar-refractivity contribution in [3.63, 3.8) is 0 Å². The van der Waals surface area contributed by atoms with E-state index in [0.29, 0.717) is 24.4 Å². The fraction of sp³-hybridized carbons (Fsp3) is 0.500.